The molecule has 4 nitrogen and oxygen atoms in total. The first-order valence-corrected chi connectivity index (χ1v) is 20.2. The molecule has 2 aromatic heterocycles. The van der Waals surface area contributed by atoms with Crippen molar-refractivity contribution in [1.29, 1.82) is 0 Å². The molecule has 0 saturated carbocycles. The van der Waals surface area contributed by atoms with Crippen molar-refractivity contribution in [2.24, 2.45) is 0 Å². The summed E-state index contributed by atoms with van der Waals surface area (Å²) in [5.41, 5.74) is 14.4. The molecule has 300 valence electrons. The summed E-state index contributed by atoms with van der Waals surface area (Å²) in [6.07, 6.45) is 1.89. The van der Waals surface area contributed by atoms with Crippen LogP contribution in [0.4, 0.5) is 0 Å². The Morgan fingerprint density at radius 3 is 1.75 bits per heavy atom. The summed E-state index contributed by atoms with van der Waals surface area (Å²) in [7, 11) is 0. The fourth-order valence-electron chi connectivity index (χ4n) is 7.89. The van der Waals surface area contributed by atoms with Crippen LogP contribution in [0.25, 0.3) is 72.7 Å². The van der Waals surface area contributed by atoms with Crippen LogP contribution >= 0.6 is 0 Å². The number of phenolic OH excluding ortho intramolecular Hbond substituents is 1. The fraction of sp³-hybridized carbons (Fsp3) is 0.222. The number of hydrogen-bond donors (Lipinski definition) is 1. The Balaban J connectivity index is 0.00000528. The summed E-state index contributed by atoms with van der Waals surface area (Å²) in [5, 5.41) is 12.1. The Labute approximate surface area is 364 Å². The molecule has 8 aromatic rings. The molecule has 1 N–H and O–H groups in total. The zero-order chi connectivity index (χ0) is 41.0. The molecule has 0 amide bonds. The third-order valence-corrected chi connectivity index (χ3v) is 11.1. The van der Waals surface area contributed by atoms with Crippen molar-refractivity contribution in [3.63, 3.8) is 0 Å². The molecule has 59 heavy (non-hydrogen) atoms. The molecular formula is C54H52N3OPt-. The largest absolute Gasteiger partial charge is 0.507 e. The maximum absolute atomic E-state index is 12.1. The average Bonchev–Trinajstić information content (AvgIpc) is 3.59. The van der Waals surface area contributed by atoms with Gasteiger partial charge in [0.05, 0.1) is 22.3 Å². The molecule has 0 radical (unpaired) electrons. The van der Waals surface area contributed by atoms with Crippen molar-refractivity contribution >= 4 is 11.0 Å². The minimum atomic E-state index is -0.277. The number of rotatable bonds is 6. The van der Waals surface area contributed by atoms with Gasteiger partial charge in [-0.25, -0.2) is 4.98 Å². The van der Waals surface area contributed by atoms with Crippen LogP contribution in [0.1, 0.15) is 79.0 Å². The van der Waals surface area contributed by atoms with E-state index in [1.54, 1.807) is 0 Å². The number of pyridine rings is 1. The molecule has 0 fully saturated rings. The van der Waals surface area contributed by atoms with Crippen molar-refractivity contribution in [3.8, 4) is 67.5 Å². The van der Waals surface area contributed by atoms with E-state index in [-0.39, 0.29) is 43.1 Å². The number of nitrogens with zero attached hydrogens (tertiary/aromatic N) is 3. The fourth-order valence-corrected chi connectivity index (χ4v) is 7.89. The smallest absolute Gasteiger partial charge is 0.148 e. The van der Waals surface area contributed by atoms with Gasteiger partial charge in [0.15, 0.2) is 0 Å². The number of aromatic hydroxyl groups is 1. The van der Waals surface area contributed by atoms with Crippen molar-refractivity contribution in [2.75, 3.05) is 0 Å². The van der Waals surface area contributed by atoms with E-state index in [0.29, 0.717) is 11.4 Å². The minimum Gasteiger partial charge on any atom is -0.507 e. The molecule has 5 heteroatoms. The van der Waals surface area contributed by atoms with E-state index in [1.807, 2.05) is 30.5 Å². The van der Waals surface area contributed by atoms with E-state index in [1.165, 1.54) is 16.7 Å². The third-order valence-electron chi connectivity index (χ3n) is 11.1. The first-order chi connectivity index (χ1) is 27.6. The summed E-state index contributed by atoms with van der Waals surface area (Å²) in [4.78, 5) is 10.4. The van der Waals surface area contributed by atoms with Crippen molar-refractivity contribution in [1.82, 2.24) is 14.5 Å². The van der Waals surface area contributed by atoms with Crippen LogP contribution in [0.5, 0.6) is 5.75 Å². The molecule has 8 rings (SSSR count). The van der Waals surface area contributed by atoms with Crippen LogP contribution in [0, 0.1) is 6.07 Å². The molecule has 2 heterocycles. The third kappa shape index (κ3) is 8.21. The first kappa shape index (κ1) is 41.6. The van der Waals surface area contributed by atoms with Crippen molar-refractivity contribution < 1.29 is 26.2 Å². The second-order valence-corrected chi connectivity index (χ2v) is 18.5. The molecular weight excluding hydrogens is 902 g/mol. The van der Waals surface area contributed by atoms with Crippen LogP contribution < -0.4 is 0 Å². The van der Waals surface area contributed by atoms with Gasteiger partial charge in [0, 0.05) is 33.0 Å². The van der Waals surface area contributed by atoms with E-state index < -0.39 is 0 Å². The summed E-state index contributed by atoms with van der Waals surface area (Å²) < 4.78 is 2.26. The Morgan fingerprint density at radius 2 is 1.12 bits per heavy atom. The van der Waals surface area contributed by atoms with E-state index >= 15 is 0 Å². The predicted molar refractivity (Wildman–Crippen MR) is 243 cm³/mol. The Bertz CT molecular complexity index is 2780. The molecule has 0 atom stereocenters. The van der Waals surface area contributed by atoms with Gasteiger partial charge >= 0.3 is 0 Å². The van der Waals surface area contributed by atoms with Crippen LogP contribution in [-0.2, 0) is 37.3 Å². The normalized spacial score (nSPS) is 12.1. The van der Waals surface area contributed by atoms with Gasteiger partial charge in [0.1, 0.15) is 11.6 Å². The molecule has 0 unspecified atom stereocenters. The number of benzene rings is 6. The number of aromatic nitrogens is 3. The van der Waals surface area contributed by atoms with Gasteiger partial charge in [-0.05, 0) is 80.0 Å². The van der Waals surface area contributed by atoms with Crippen LogP contribution in [0.3, 0.4) is 0 Å². The average molecular weight is 954 g/mol. The maximum Gasteiger partial charge on any atom is 0.148 e. The standard InChI is InChI=1S/C54H52N3O.Pt/c1-52(2,3)41-31-39(30-40(32-41)46-34-38(28-29-55-46)36-20-14-11-15-21-36)42-22-17-25-48-49(42)56-51(43-23-16-24-44(50(43)58)53(4,5)6)57(48)47-27-26-37(33-45(47)54(7,8)9)35-18-12-10-13-19-35;/h10-29,31-34,58H,1-9H3;/q-1;. The predicted octanol–water partition coefficient (Wildman–Crippen LogP) is 14.2. The van der Waals surface area contributed by atoms with Gasteiger partial charge in [-0.15, -0.1) is 29.3 Å². The monoisotopic (exact) mass is 953 g/mol. The van der Waals surface area contributed by atoms with Gasteiger partial charge in [-0.3, -0.25) is 9.55 Å². The number of hydrogen-bond acceptors (Lipinski definition) is 3. The van der Waals surface area contributed by atoms with Crippen molar-refractivity contribution in [3.05, 3.63) is 168 Å². The number of para-hydroxylation sites is 2. The molecule has 0 spiro atoms. The SMILES string of the molecule is CC(C)(C)c1cc(-c2cc(-c3ccccc3)ccn2)[c-]c(-c2cccc3c2nc(-c2cccc(C(C)(C)C)c2O)n3-c2ccc(-c3ccccc3)cc2C(C)(C)C)c1.[Pt]. The van der Waals surface area contributed by atoms with Gasteiger partial charge in [0.25, 0.3) is 0 Å². The number of fused-ring (bicyclic) bond motifs is 1. The van der Waals surface area contributed by atoms with Crippen molar-refractivity contribution in [2.45, 2.75) is 78.6 Å². The van der Waals surface area contributed by atoms with Gasteiger partial charge in [-0.2, -0.15) is 0 Å². The second kappa shape index (κ2) is 15.9. The molecule has 6 aromatic carbocycles. The number of phenols is 1. The molecule has 0 bridgehead atoms. The number of imidazole rings is 1. The summed E-state index contributed by atoms with van der Waals surface area (Å²) in [6, 6.07) is 52.7. The first-order valence-electron chi connectivity index (χ1n) is 20.2. The minimum absolute atomic E-state index is 0. The van der Waals surface area contributed by atoms with Crippen LogP contribution in [-0.4, -0.2) is 19.6 Å². The van der Waals surface area contributed by atoms with E-state index in [9.17, 15) is 5.11 Å². The van der Waals surface area contributed by atoms with Gasteiger partial charge in [-0.1, -0.05) is 171 Å². The molecule has 0 saturated heterocycles. The maximum atomic E-state index is 12.1. The molecule has 0 aliphatic heterocycles. The van der Waals surface area contributed by atoms with Crippen LogP contribution in [0.15, 0.2) is 146 Å². The quantitative estimate of drug-likeness (QED) is 0.169. The zero-order valence-corrected chi connectivity index (χ0v) is 37.7. The summed E-state index contributed by atoms with van der Waals surface area (Å²) in [6.45, 7) is 19.9. The second-order valence-electron chi connectivity index (χ2n) is 18.5. The summed E-state index contributed by atoms with van der Waals surface area (Å²) >= 11 is 0. The molecule has 0 aliphatic rings. The Morgan fingerprint density at radius 1 is 0.525 bits per heavy atom. The Hall–Kier alpha value is -5.57. The van der Waals surface area contributed by atoms with E-state index in [4.69, 9.17) is 9.97 Å². The summed E-state index contributed by atoms with van der Waals surface area (Å²) in [5.74, 6) is 0.938. The zero-order valence-electron chi connectivity index (χ0n) is 35.5. The topological polar surface area (TPSA) is 50.9 Å². The Kier molecular flexibility index (Phi) is 11.2. The van der Waals surface area contributed by atoms with Gasteiger partial charge < -0.3 is 5.11 Å². The van der Waals surface area contributed by atoms with Crippen LogP contribution in [0.2, 0.25) is 0 Å². The van der Waals surface area contributed by atoms with E-state index in [0.717, 1.165) is 61.4 Å². The molecule has 0 aliphatic carbocycles. The van der Waals surface area contributed by atoms with Gasteiger partial charge in [0.2, 0.25) is 0 Å². The van der Waals surface area contributed by atoms with E-state index in [2.05, 4.69) is 188 Å².